The standard InChI is InChI=1S/C21H25FN2O2.ClH/c1-2-11-24-20(25)21(15-23-12-13-26-21)14-17-5-3-4-6-19(17)16-7-9-18(22)10-8-16;/h3-10,23H,2,11-15H2,1H3,(H,24,25);1H. The van der Waals surface area contributed by atoms with Crippen LogP contribution in [0.2, 0.25) is 0 Å². The van der Waals surface area contributed by atoms with Gasteiger partial charge in [0, 0.05) is 26.1 Å². The van der Waals surface area contributed by atoms with Crippen molar-refractivity contribution in [2.75, 3.05) is 26.2 Å². The molecule has 0 radical (unpaired) electrons. The van der Waals surface area contributed by atoms with Crippen molar-refractivity contribution in [2.45, 2.75) is 25.4 Å². The summed E-state index contributed by atoms with van der Waals surface area (Å²) in [5, 5.41) is 6.26. The van der Waals surface area contributed by atoms with E-state index in [0.29, 0.717) is 26.1 Å². The molecule has 1 amide bonds. The summed E-state index contributed by atoms with van der Waals surface area (Å²) in [4.78, 5) is 12.9. The number of morpholine rings is 1. The Balaban J connectivity index is 0.00000261. The first kappa shape index (κ1) is 21.4. The number of benzene rings is 2. The van der Waals surface area contributed by atoms with Crippen LogP contribution in [0.1, 0.15) is 18.9 Å². The highest BCUT2D eigenvalue weighted by atomic mass is 35.5. The van der Waals surface area contributed by atoms with Crippen molar-refractivity contribution in [2.24, 2.45) is 0 Å². The lowest BCUT2D eigenvalue weighted by Crippen LogP contribution is -2.60. The van der Waals surface area contributed by atoms with Crippen molar-refractivity contribution in [3.63, 3.8) is 0 Å². The Morgan fingerprint density at radius 2 is 1.96 bits per heavy atom. The van der Waals surface area contributed by atoms with E-state index in [2.05, 4.69) is 10.6 Å². The number of ether oxygens (including phenoxy) is 1. The zero-order valence-corrected chi connectivity index (χ0v) is 16.3. The van der Waals surface area contributed by atoms with Crippen molar-refractivity contribution in [3.05, 3.63) is 59.9 Å². The van der Waals surface area contributed by atoms with E-state index in [-0.39, 0.29) is 24.1 Å². The van der Waals surface area contributed by atoms with Gasteiger partial charge in [-0.05, 0) is 35.2 Å². The zero-order chi connectivity index (χ0) is 18.4. The van der Waals surface area contributed by atoms with Gasteiger partial charge in [0.05, 0.1) is 6.61 Å². The molecule has 2 aromatic rings. The average molecular weight is 393 g/mol. The van der Waals surface area contributed by atoms with Crippen molar-refractivity contribution in [1.29, 1.82) is 0 Å². The van der Waals surface area contributed by atoms with E-state index >= 15 is 0 Å². The maximum Gasteiger partial charge on any atom is 0.253 e. The molecule has 1 atom stereocenters. The van der Waals surface area contributed by atoms with Crippen LogP contribution in [-0.2, 0) is 16.0 Å². The fraction of sp³-hybridized carbons (Fsp3) is 0.381. The number of hydrogen-bond donors (Lipinski definition) is 2. The third-order valence-electron chi connectivity index (χ3n) is 4.67. The van der Waals surface area contributed by atoms with Crippen LogP contribution in [0, 0.1) is 5.82 Å². The normalized spacial score (nSPS) is 19.2. The number of carbonyl (C=O) groups is 1. The van der Waals surface area contributed by atoms with E-state index in [4.69, 9.17) is 4.74 Å². The van der Waals surface area contributed by atoms with Gasteiger partial charge in [0.1, 0.15) is 5.82 Å². The Kier molecular flexibility index (Phi) is 7.78. The summed E-state index contributed by atoms with van der Waals surface area (Å²) in [5.74, 6) is -0.345. The lowest BCUT2D eigenvalue weighted by Gasteiger charge is -2.37. The van der Waals surface area contributed by atoms with Crippen LogP contribution in [0.4, 0.5) is 4.39 Å². The molecule has 1 saturated heterocycles. The molecular weight excluding hydrogens is 367 g/mol. The van der Waals surface area contributed by atoms with Crippen molar-refractivity contribution in [1.82, 2.24) is 10.6 Å². The average Bonchev–Trinajstić information content (AvgIpc) is 2.68. The number of hydrogen-bond acceptors (Lipinski definition) is 3. The van der Waals surface area contributed by atoms with Gasteiger partial charge in [-0.2, -0.15) is 0 Å². The second-order valence-electron chi connectivity index (χ2n) is 6.62. The second-order valence-corrected chi connectivity index (χ2v) is 6.62. The monoisotopic (exact) mass is 392 g/mol. The van der Waals surface area contributed by atoms with Gasteiger partial charge in [0.15, 0.2) is 5.60 Å². The van der Waals surface area contributed by atoms with E-state index < -0.39 is 5.60 Å². The minimum Gasteiger partial charge on any atom is -0.362 e. The summed E-state index contributed by atoms with van der Waals surface area (Å²) in [6.07, 6.45) is 1.34. The smallest absolute Gasteiger partial charge is 0.253 e. The van der Waals surface area contributed by atoms with Crippen LogP contribution >= 0.6 is 12.4 Å². The van der Waals surface area contributed by atoms with E-state index in [1.54, 1.807) is 12.1 Å². The first-order chi connectivity index (χ1) is 12.6. The Bertz CT molecular complexity index is 746. The predicted octanol–water partition coefficient (Wildman–Crippen LogP) is 3.34. The molecule has 2 N–H and O–H groups in total. The minimum atomic E-state index is -0.927. The third-order valence-corrected chi connectivity index (χ3v) is 4.67. The number of rotatable bonds is 6. The molecule has 27 heavy (non-hydrogen) atoms. The van der Waals surface area contributed by atoms with Gasteiger partial charge < -0.3 is 15.4 Å². The highest BCUT2D eigenvalue weighted by Crippen LogP contribution is 2.29. The molecule has 0 spiro atoms. The van der Waals surface area contributed by atoms with Crippen LogP contribution in [0.5, 0.6) is 0 Å². The first-order valence-electron chi connectivity index (χ1n) is 9.11. The van der Waals surface area contributed by atoms with E-state index in [0.717, 1.165) is 29.7 Å². The van der Waals surface area contributed by atoms with Gasteiger partial charge in [0.2, 0.25) is 0 Å². The fourth-order valence-electron chi connectivity index (χ4n) is 3.29. The van der Waals surface area contributed by atoms with Gasteiger partial charge in [-0.1, -0.05) is 43.3 Å². The molecule has 1 aliphatic rings. The maximum atomic E-state index is 13.3. The summed E-state index contributed by atoms with van der Waals surface area (Å²) in [7, 11) is 0. The van der Waals surface area contributed by atoms with Crippen LogP contribution in [0.25, 0.3) is 11.1 Å². The topological polar surface area (TPSA) is 50.4 Å². The highest BCUT2D eigenvalue weighted by Gasteiger charge is 2.41. The zero-order valence-electron chi connectivity index (χ0n) is 15.5. The maximum absolute atomic E-state index is 13.3. The van der Waals surface area contributed by atoms with Gasteiger partial charge in [0.25, 0.3) is 5.91 Å². The molecule has 0 saturated carbocycles. The van der Waals surface area contributed by atoms with Gasteiger partial charge in [-0.15, -0.1) is 12.4 Å². The summed E-state index contributed by atoms with van der Waals surface area (Å²) >= 11 is 0. The van der Waals surface area contributed by atoms with E-state index in [9.17, 15) is 9.18 Å². The number of halogens is 2. The fourth-order valence-corrected chi connectivity index (χ4v) is 3.29. The lowest BCUT2D eigenvalue weighted by atomic mass is 9.87. The molecule has 0 bridgehead atoms. The van der Waals surface area contributed by atoms with Gasteiger partial charge >= 0.3 is 0 Å². The molecule has 0 aromatic heterocycles. The van der Waals surface area contributed by atoms with Crippen molar-refractivity contribution >= 4 is 18.3 Å². The minimum absolute atomic E-state index is 0. The molecule has 3 rings (SSSR count). The molecule has 4 nitrogen and oxygen atoms in total. The van der Waals surface area contributed by atoms with E-state index in [1.165, 1.54) is 12.1 Å². The molecule has 0 aliphatic carbocycles. The molecule has 1 heterocycles. The van der Waals surface area contributed by atoms with E-state index in [1.807, 2.05) is 31.2 Å². The van der Waals surface area contributed by atoms with Crippen molar-refractivity contribution < 1.29 is 13.9 Å². The summed E-state index contributed by atoms with van der Waals surface area (Å²) in [5.41, 5.74) is 2.00. The number of amides is 1. The van der Waals surface area contributed by atoms with Crippen LogP contribution in [0.3, 0.4) is 0 Å². The lowest BCUT2D eigenvalue weighted by molar-refractivity contribution is -0.150. The molecule has 6 heteroatoms. The largest absolute Gasteiger partial charge is 0.362 e. The summed E-state index contributed by atoms with van der Waals surface area (Å²) < 4.78 is 19.3. The van der Waals surface area contributed by atoms with Crippen LogP contribution in [0.15, 0.2) is 48.5 Å². The molecule has 1 aliphatic heterocycles. The Labute approximate surface area is 165 Å². The summed E-state index contributed by atoms with van der Waals surface area (Å²) in [6.45, 7) is 4.36. The van der Waals surface area contributed by atoms with Crippen molar-refractivity contribution in [3.8, 4) is 11.1 Å². The van der Waals surface area contributed by atoms with Gasteiger partial charge in [-0.25, -0.2) is 4.39 Å². The summed E-state index contributed by atoms with van der Waals surface area (Å²) in [6, 6.07) is 14.3. The Morgan fingerprint density at radius 1 is 1.22 bits per heavy atom. The molecular formula is C21H26ClFN2O2. The second kappa shape index (κ2) is 9.83. The first-order valence-corrected chi connectivity index (χ1v) is 9.11. The number of nitrogens with one attached hydrogen (secondary N) is 2. The predicted molar refractivity (Wildman–Crippen MR) is 108 cm³/mol. The molecule has 1 unspecified atom stereocenters. The van der Waals surface area contributed by atoms with Gasteiger partial charge in [-0.3, -0.25) is 4.79 Å². The highest BCUT2D eigenvalue weighted by molar-refractivity contribution is 5.86. The van der Waals surface area contributed by atoms with Crippen LogP contribution < -0.4 is 10.6 Å². The molecule has 2 aromatic carbocycles. The Hall–Kier alpha value is -1.95. The Morgan fingerprint density at radius 3 is 2.63 bits per heavy atom. The third kappa shape index (κ3) is 5.06. The quantitative estimate of drug-likeness (QED) is 0.792. The SMILES string of the molecule is CCCNC(=O)C1(Cc2ccccc2-c2ccc(F)cc2)CNCCO1.Cl. The number of carbonyl (C=O) groups excluding carboxylic acids is 1. The molecule has 1 fully saturated rings. The molecule has 146 valence electrons. The van der Waals surface area contributed by atoms with Crippen LogP contribution in [-0.4, -0.2) is 37.7 Å².